The molecule has 0 amide bonds. The van der Waals surface area contributed by atoms with E-state index in [9.17, 15) is 0 Å². The third-order valence-corrected chi connectivity index (χ3v) is 4.85. The summed E-state index contributed by atoms with van der Waals surface area (Å²) < 4.78 is 0. The van der Waals surface area contributed by atoms with Crippen LogP contribution in [0.15, 0.2) is 0 Å². The van der Waals surface area contributed by atoms with Crippen molar-refractivity contribution in [2.75, 3.05) is 58.9 Å². The second-order valence-electron chi connectivity index (χ2n) is 7.59. The second-order valence-corrected chi connectivity index (χ2v) is 7.59. The molecule has 0 aromatic rings. The van der Waals surface area contributed by atoms with E-state index >= 15 is 0 Å². The van der Waals surface area contributed by atoms with E-state index in [1.54, 1.807) is 0 Å². The zero-order chi connectivity index (χ0) is 18.8. The molecule has 0 rings (SSSR count). The van der Waals surface area contributed by atoms with E-state index in [-0.39, 0.29) is 37.2 Å². The van der Waals surface area contributed by atoms with Gasteiger partial charge in [0.1, 0.15) is 0 Å². The molecule has 0 saturated carbocycles. The molecule has 0 aromatic heterocycles. The fraction of sp³-hybridized carbons (Fsp3) is 1.00. The number of nitrogens with zero attached hydrogens (tertiary/aromatic N) is 3. The van der Waals surface area contributed by atoms with E-state index in [4.69, 9.17) is 0 Å². The number of hydrogen-bond acceptors (Lipinski definition) is 3. The molecular formula is C22H52Cl3N3. The van der Waals surface area contributed by atoms with Crippen molar-refractivity contribution in [1.29, 1.82) is 0 Å². The van der Waals surface area contributed by atoms with Crippen LogP contribution in [0.2, 0.25) is 0 Å². The lowest BCUT2D eigenvalue weighted by molar-refractivity contribution is 0.216. The monoisotopic (exact) mass is 463 g/mol. The van der Waals surface area contributed by atoms with Gasteiger partial charge in [0, 0.05) is 0 Å². The first-order valence-electron chi connectivity index (χ1n) is 11.4. The van der Waals surface area contributed by atoms with E-state index in [1.807, 2.05) is 0 Å². The Morgan fingerprint density at radius 3 is 0.786 bits per heavy atom. The third kappa shape index (κ3) is 21.5. The lowest BCUT2D eigenvalue weighted by atomic mass is 10.2. The molecule has 0 saturated heterocycles. The third-order valence-electron chi connectivity index (χ3n) is 4.85. The summed E-state index contributed by atoms with van der Waals surface area (Å²) in [5.74, 6) is 0. The molecule has 0 atom stereocenters. The van der Waals surface area contributed by atoms with Gasteiger partial charge in [-0.1, -0.05) is 34.6 Å². The van der Waals surface area contributed by atoms with E-state index in [0.29, 0.717) is 0 Å². The van der Waals surface area contributed by atoms with E-state index in [2.05, 4.69) is 49.3 Å². The molecule has 0 aliphatic heterocycles. The molecule has 0 aliphatic carbocycles. The van der Waals surface area contributed by atoms with Crippen molar-refractivity contribution in [3.63, 3.8) is 0 Å². The minimum absolute atomic E-state index is 0. The van der Waals surface area contributed by atoms with Gasteiger partial charge in [0.25, 0.3) is 0 Å². The largest absolute Gasteiger partial charge is 0.303 e. The highest BCUT2D eigenvalue weighted by atomic mass is 35.5. The van der Waals surface area contributed by atoms with Crippen molar-refractivity contribution in [2.24, 2.45) is 0 Å². The van der Waals surface area contributed by atoms with E-state index < -0.39 is 0 Å². The molecule has 0 radical (unpaired) electrons. The predicted molar refractivity (Wildman–Crippen MR) is 136 cm³/mol. The fourth-order valence-corrected chi connectivity index (χ4v) is 3.78. The van der Waals surface area contributed by atoms with Crippen LogP contribution < -0.4 is 0 Å². The molecule has 6 heteroatoms. The minimum Gasteiger partial charge on any atom is -0.303 e. The first-order valence-corrected chi connectivity index (χ1v) is 11.4. The molecule has 0 bridgehead atoms. The summed E-state index contributed by atoms with van der Waals surface area (Å²) >= 11 is 0. The summed E-state index contributed by atoms with van der Waals surface area (Å²) in [6, 6.07) is 0. The molecule has 28 heavy (non-hydrogen) atoms. The van der Waals surface area contributed by atoms with E-state index in [1.165, 1.54) is 110 Å². The highest BCUT2D eigenvalue weighted by Crippen LogP contribution is 2.04. The number of halogens is 3. The van der Waals surface area contributed by atoms with Crippen LogP contribution in [-0.4, -0.2) is 73.6 Å². The molecule has 0 aromatic carbocycles. The van der Waals surface area contributed by atoms with E-state index in [0.717, 1.165) is 0 Å². The molecule has 0 fully saturated rings. The minimum atomic E-state index is 0. The summed E-state index contributed by atoms with van der Waals surface area (Å²) in [4.78, 5) is 8.01. The Labute approximate surface area is 196 Å². The Kier molecular flexibility index (Phi) is 35.8. The van der Waals surface area contributed by atoms with Crippen LogP contribution in [-0.2, 0) is 0 Å². The highest BCUT2D eigenvalue weighted by Gasteiger charge is 2.07. The lowest BCUT2D eigenvalue weighted by Crippen LogP contribution is -2.32. The summed E-state index contributed by atoms with van der Waals surface area (Å²) in [5.41, 5.74) is 0. The summed E-state index contributed by atoms with van der Waals surface area (Å²) in [7, 11) is 0. The van der Waals surface area contributed by atoms with Crippen LogP contribution in [0, 0.1) is 0 Å². The number of unbranched alkanes of at least 4 members (excludes halogenated alkanes) is 1. The molecule has 3 nitrogen and oxygen atoms in total. The summed E-state index contributed by atoms with van der Waals surface area (Å²) in [6.45, 7) is 23.0. The zero-order valence-corrected chi connectivity index (χ0v) is 22.0. The van der Waals surface area contributed by atoms with Gasteiger partial charge in [0.05, 0.1) is 0 Å². The van der Waals surface area contributed by atoms with Crippen molar-refractivity contribution in [3.05, 3.63) is 0 Å². The molecule has 0 unspecified atom stereocenters. The Bertz CT molecular complexity index is 259. The number of hydrogen-bond donors (Lipinski definition) is 0. The normalized spacial score (nSPS) is 10.7. The van der Waals surface area contributed by atoms with Crippen molar-refractivity contribution in [3.8, 4) is 0 Å². The van der Waals surface area contributed by atoms with Gasteiger partial charge < -0.3 is 14.7 Å². The first-order chi connectivity index (χ1) is 12.2. The van der Waals surface area contributed by atoms with Crippen LogP contribution in [0.25, 0.3) is 0 Å². The van der Waals surface area contributed by atoms with Gasteiger partial charge in [0.15, 0.2) is 0 Å². The number of rotatable bonds is 19. The maximum Gasteiger partial charge on any atom is -0.000655 e. The smallest absolute Gasteiger partial charge is 0.000655 e. The van der Waals surface area contributed by atoms with Crippen LogP contribution in [0.5, 0.6) is 0 Å². The van der Waals surface area contributed by atoms with Crippen molar-refractivity contribution in [1.82, 2.24) is 14.7 Å². The van der Waals surface area contributed by atoms with Crippen LogP contribution in [0.3, 0.4) is 0 Å². The maximum absolute atomic E-state index is 2.71. The molecule has 0 spiro atoms. The topological polar surface area (TPSA) is 9.72 Å². The van der Waals surface area contributed by atoms with Crippen LogP contribution in [0.4, 0.5) is 0 Å². The molecule has 176 valence electrons. The summed E-state index contributed by atoms with van der Waals surface area (Å²) in [5, 5.41) is 0. The van der Waals surface area contributed by atoms with Gasteiger partial charge in [-0.25, -0.2) is 0 Å². The van der Waals surface area contributed by atoms with Gasteiger partial charge in [-0.05, 0) is 110 Å². The Hall–Kier alpha value is 0.750. The lowest BCUT2D eigenvalue weighted by Gasteiger charge is -2.26. The molecule has 0 aliphatic rings. The van der Waals surface area contributed by atoms with Gasteiger partial charge in [-0.15, -0.1) is 37.2 Å². The van der Waals surface area contributed by atoms with Gasteiger partial charge in [-0.3, -0.25) is 0 Å². The Morgan fingerprint density at radius 1 is 0.321 bits per heavy atom. The maximum atomic E-state index is 2.71. The van der Waals surface area contributed by atoms with Crippen molar-refractivity contribution in [2.45, 2.75) is 86.0 Å². The highest BCUT2D eigenvalue weighted by molar-refractivity contribution is 5.86. The van der Waals surface area contributed by atoms with Gasteiger partial charge in [0.2, 0.25) is 0 Å². The molecular weight excluding hydrogens is 413 g/mol. The Morgan fingerprint density at radius 2 is 0.536 bits per heavy atom. The average molecular weight is 465 g/mol. The van der Waals surface area contributed by atoms with Gasteiger partial charge >= 0.3 is 0 Å². The standard InChI is InChI=1S/C22H49N3.3ClH/c1-6-14-23(15-7-2)19-11-12-20-25(18-10-5)22-13-21-24(16-8-3)17-9-4;;;/h6-22H2,1-5H3;3*1H. The average Bonchev–Trinajstić information content (AvgIpc) is 2.59. The van der Waals surface area contributed by atoms with Crippen LogP contribution >= 0.6 is 37.2 Å². The predicted octanol–water partition coefficient (Wildman–Crippen LogP) is 6.38. The summed E-state index contributed by atoms with van der Waals surface area (Å²) in [6.07, 6.45) is 10.5. The fourth-order valence-electron chi connectivity index (χ4n) is 3.78. The SMILES string of the molecule is CCCN(CCC)CCCCN(CCC)CCCN(CCC)CCC.Cl.Cl.Cl. The molecule has 0 N–H and O–H groups in total. The second kappa shape index (κ2) is 27.8. The molecule has 0 heterocycles. The Balaban J connectivity index is -0.000000960. The van der Waals surface area contributed by atoms with Crippen molar-refractivity contribution < 1.29 is 0 Å². The zero-order valence-electron chi connectivity index (χ0n) is 19.6. The van der Waals surface area contributed by atoms with Crippen LogP contribution in [0.1, 0.15) is 86.0 Å². The van der Waals surface area contributed by atoms with Crippen molar-refractivity contribution >= 4 is 37.2 Å². The quantitative estimate of drug-likeness (QED) is 0.205. The van der Waals surface area contributed by atoms with Gasteiger partial charge in [-0.2, -0.15) is 0 Å². The first kappa shape index (κ1) is 36.1.